The summed E-state index contributed by atoms with van der Waals surface area (Å²) in [5, 5.41) is 13.3. The second-order valence-corrected chi connectivity index (χ2v) is 4.73. The summed E-state index contributed by atoms with van der Waals surface area (Å²) in [5.41, 5.74) is 6.34. The standard InChI is InChI=1S/C11H17N3O2/c1-7(2)14-8(3-6-13-14)11(4-5-11)9(12)10(15)16/h3,6-7,9H,4-5,12H2,1-2H3,(H,15,16). The fraction of sp³-hybridized carbons (Fsp3) is 0.636. The van der Waals surface area contributed by atoms with Gasteiger partial charge in [0.05, 0.1) is 0 Å². The predicted octanol–water partition coefficient (Wildman–Crippen LogP) is 0.907. The zero-order chi connectivity index (χ0) is 11.9. The summed E-state index contributed by atoms with van der Waals surface area (Å²) in [6.07, 6.45) is 3.38. The van der Waals surface area contributed by atoms with E-state index in [0.717, 1.165) is 18.5 Å². The van der Waals surface area contributed by atoms with Gasteiger partial charge in [0.1, 0.15) is 6.04 Å². The van der Waals surface area contributed by atoms with Gasteiger partial charge in [0, 0.05) is 23.3 Å². The topological polar surface area (TPSA) is 81.1 Å². The van der Waals surface area contributed by atoms with Crippen molar-refractivity contribution in [2.75, 3.05) is 0 Å². The first-order valence-electron chi connectivity index (χ1n) is 5.51. The first-order valence-corrected chi connectivity index (χ1v) is 5.51. The van der Waals surface area contributed by atoms with Gasteiger partial charge in [-0.2, -0.15) is 5.10 Å². The lowest BCUT2D eigenvalue weighted by atomic mass is 9.93. The molecule has 0 aromatic carbocycles. The summed E-state index contributed by atoms with van der Waals surface area (Å²) in [7, 11) is 0. The molecule has 0 saturated heterocycles. The highest BCUT2D eigenvalue weighted by Gasteiger charge is 2.54. The molecule has 16 heavy (non-hydrogen) atoms. The molecular weight excluding hydrogens is 206 g/mol. The van der Waals surface area contributed by atoms with Crippen molar-refractivity contribution in [1.29, 1.82) is 0 Å². The molecule has 0 bridgehead atoms. The normalized spacial score (nSPS) is 19.8. The molecule has 0 radical (unpaired) electrons. The smallest absolute Gasteiger partial charge is 0.321 e. The summed E-state index contributed by atoms with van der Waals surface area (Å²) in [5.74, 6) is -0.936. The SMILES string of the molecule is CC(C)n1nccc1C1(C(N)C(=O)O)CC1. The molecule has 5 nitrogen and oxygen atoms in total. The van der Waals surface area contributed by atoms with E-state index < -0.39 is 17.4 Å². The van der Waals surface area contributed by atoms with E-state index in [1.165, 1.54) is 0 Å². The number of nitrogens with two attached hydrogens (primary N) is 1. The van der Waals surface area contributed by atoms with Gasteiger partial charge in [-0.1, -0.05) is 0 Å². The number of aliphatic carboxylic acids is 1. The quantitative estimate of drug-likeness (QED) is 0.794. The summed E-state index contributed by atoms with van der Waals surface area (Å²) < 4.78 is 1.87. The van der Waals surface area contributed by atoms with Gasteiger partial charge >= 0.3 is 5.97 Å². The van der Waals surface area contributed by atoms with E-state index >= 15 is 0 Å². The molecular formula is C11H17N3O2. The second kappa shape index (κ2) is 3.59. The minimum Gasteiger partial charge on any atom is -0.480 e. The number of hydrogen-bond acceptors (Lipinski definition) is 3. The van der Waals surface area contributed by atoms with E-state index in [4.69, 9.17) is 10.8 Å². The third-order valence-corrected chi connectivity index (χ3v) is 3.32. The van der Waals surface area contributed by atoms with E-state index in [2.05, 4.69) is 5.10 Å². The monoisotopic (exact) mass is 223 g/mol. The van der Waals surface area contributed by atoms with Crippen molar-refractivity contribution in [2.45, 2.75) is 44.2 Å². The molecule has 0 amide bonds. The molecule has 1 heterocycles. The highest BCUT2D eigenvalue weighted by Crippen LogP contribution is 2.50. The summed E-state index contributed by atoms with van der Waals surface area (Å²) in [6, 6.07) is 1.28. The fourth-order valence-corrected chi connectivity index (χ4v) is 2.22. The van der Waals surface area contributed by atoms with Crippen LogP contribution in [0.4, 0.5) is 0 Å². The van der Waals surface area contributed by atoms with Gasteiger partial charge in [-0.05, 0) is 32.8 Å². The molecule has 88 valence electrons. The van der Waals surface area contributed by atoms with E-state index in [9.17, 15) is 4.79 Å². The van der Waals surface area contributed by atoms with Gasteiger partial charge in [0.25, 0.3) is 0 Å². The number of carbonyl (C=O) groups is 1. The number of rotatable bonds is 4. The molecule has 2 rings (SSSR count). The van der Waals surface area contributed by atoms with Gasteiger partial charge in [-0.3, -0.25) is 9.48 Å². The number of aromatic nitrogens is 2. The Bertz CT molecular complexity index is 407. The third kappa shape index (κ3) is 1.51. The fourth-order valence-electron chi connectivity index (χ4n) is 2.22. The molecule has 1 aromatic rings. The minimum atomic E-state index is -0.936. The first kappa shape index (κ1) is 11.1. The number of carboxylic acids is 1. The Morgan fingerprint density at radius 3 is 2.69 bits per heavy atom. The van der Waals surface area contributed by atoms with Gasteiger partial charge < -0.3 is 10.8 Å². The van der Waals surface area contributed by atoms with Gasteiger partial charge in [0.2, 0.25) is 0 Å². The van der Waals surface area contributed by atoms with Crippen LogP contribution in [0.5, 0.6) is 0 Å². The van der Waals surface area contributed by atoms with Crippen LogP contribution >= 0.6 is 0 Å². The van der Waals surface area contributed by atoms with Crippen molar-refractivity contribution in [3.05, 3.63) is 18.0 Å². The molecule has 3 N–H and O–H groups in total. The summed E-state index contributed by atoms with van der Waals surface area (Å²) in [6.45, 7) is 4.05. The lowest BCUT2D eigenvalue weighted by molar-refractivity contribution is -0.139. The molecule has 0 spiro atoms. The van der Waals surface area contributed by atoms with E-state index in [-0.39, 0.29) is 6.04 Å². The van der Waals surface area contributed by atoms with E-state index in [1.54, 1.807) is 6.20 Å². The van der Waals surface area contributed by atoms with Crippen molar-refractivity contribution in [3.8, 4) is 0 Å². The molecule has 0 aliphatic heterocycles. The Hall–Kier alpha value is -1.36. The lowest BCUT2D eigenvalue weighted by Crippen LogP contribution is -2.43. The number of nitrogens with zero attached hydrogens (tertiary/aromatic N) is 2. The van der Waals surface area contributed by atoms with Crippen LogP contribution in [0.3, 0.4) is 0 Å². The van der Waals surface area contributed by atoms with Gasteiger partial charge in [-0.15, -0.1) is 0 Å². The Kier molecular flexibility index (Phi) is 2.50. The van der Waals surface area contributed by atoms with Gasteiger partial charge in [0.15, 0.2) is 0 Å². The molecule has 1 fully saturated rings. The average Bonchev–Trinajstić information content (AvgIpc) is 2.86. The third-order valence-electron chi connectivity index (χ3n) is 3.32. The Balaban J connectivity index is 2.37. The van der Waals surface area contributed by atoms with Crippen molar-refractivity contribution < 1.29 is 9.90 Å². The molecule has 1 atom stereocenters. The molecule has 1 aliphatic rings. The number of hydrogen-bond donors (Lipinski definition) is 2. The lowest BCUT2D eigenvalue weighted by Gasteiger charge is -2.22. The molecule has 5 heteroatoms. The summed E-state index contributed by atoms with van der Waals surface area (Å²) >= 11 is 0. The van der Waals surface area contributed by atoms with E-state index in [1.807, 2.05) is 24.6 Å². The highest BCUT2D eigenvalue weighted by molar-refractivity contribution is 5.76. The van der Waals surface area contributed by atoms with Crippen LogP contribution < -0.4 is 5.73 Å². The van der Waals surface area contributed by atoms with Crippen molar-refractivity contribution in [3.63, 3.8) is 0 Å². The predicted molar refractivity (Wildman–Crippen MR) is 59.1 cm³/mol. The van der Waals surface area contributed by atoms with Crippen LogP contribution in [-0.4, -0.2) is 26.9 Å². The zero-order valence-electron chi connectivity index (χ0n) is 9.55. The van der Waals surface area contributed by atoms with Crippen LogP contribution in [-0.2, 0) is 10.2 Å². The van der Waals surface area contributed by atoms with Crippen LogP contribution in [0.25, 0.3) is 0 Å². The summed E-state index contributed by atoms with van der Waals surface area (Å²) in [4.78, 5) is 11.0. The Morgan fingerprint density at radius 2 is 2.25 bits per heavy atom. The minimum absolute atomic E-state index is 0.225. The zero-order valence-corrected chi connectivity index (χ0v) is 9.55. The second-order valence-electron chi connectivity index (χ2n) is 4.73. The van der Waals surface area contributed by atoms with Crippen molar-refractivity contribution in [2.24, 2.45) is 5.73 Å². The maximum atomic E-state index is 11.0. The Labute approximate surface area is 94.2 Å². The molecule has 1 unspecified atom stereocenters. The van der Waals surface area contributed by atoms with Crippen LogP contribution in [0.2, 0.25) is 0 Å². The first-order chi connectivity index (χ1) is 7.49. The van der Waals surface area contributed by atoms with Crippen LogP contribution in [0.1, 0.15) is 38.4 Å². The average molecular weight is 223 g/mol. The Morgan fingerprint density at radius 1 is 1.62 bits per heavy atom. The molecule has 1 aromatic heterocycles. The van der Waals surface area contributed by atoms with E-state index in [0.29, 0.717) is 0 Å². The van der Waals surface area contributed by atoms with Crippen molar-refractivity contribution in [1.82, 2.24) is 9.78 Å². The van der Waals surface area contributed by atoms with Crippen LogP contribution in [0, 0.1) is 0 Å². The number of carboxylic acid groups (broad SMARTS) is 1. The largest absolute Gasteiger partial charge is 0.480 e. The molecule has 1 aliphatic carbocycles. The maximum absolute atomic E-state index is 11.0. The maximum Gasteiger partial charge on any atom is 0.321 e. The highest BCUT2D eigenvalue weighted by atomic mass is 16.4. The van der Waals surface area contributed by atoms with Gasteiger partial charge in [-0.25, -0.2) is 0 Å². The van der Waals surface area contributed by atoms with Crippen LogP contribution in [0.15, 0.2) is 12.3 Å². The molecule has 1 saturated carbocycles. The van der Waals surface area contributed by atoms with Crippen molar-refractivity contribution >= 4 is 5.97 Å².